The maximum Gasteiger partial charge on any atom is 0.328 e. The molecule has 4 saturated carbocycles. The Morgan fingerprint density at radius 1 is 1.00 bits per heavy atom. The zero-order chi connectivity index (χ0) is 27.4. The largest absolute Gasteiger partial charge is 0.467 e. The molecule has 6 heteroatoms. The number of fused-ring (bicyclic) bond motifs is 7. The van der Waals surface area contributed by atoms with Crippen molar-refractivity contribution in [3.8, 4) is 0 Å². The standard InChI is InChI=1S/C32H53NO5/c1-18(29(34)33-20(3)30(35)37-7)8-11-26-19(2)28-27(38-26)17-25-23-10-9-21-16-22(36-6)12-14-31(21,4)24(23)13-15-32(25,28)5/h18-28H,8-17H2,1-7H3,(H,33,34)/t18-,19+,20?,21+,22-,23+,24-,25-,26+,27-,28-,31-,32-/m0/s1. The van der Waals surface area contributed by atoms with E-state index in [2.05, 4.69) is 26.1 Å². The molecular formula is C32H53NO5. The molecule has 1 amide bonds. The van der Waals surface area contributed by atoms with E-state index < -0.39 is 12.0 Å². The van der Waals surface area contributed by atoms with Crippen molar-refractivity contribution in [1.29, 1.82) is 0 Å². The Balaban J connectivity index is 1.20. The highest BCUT2D eigenvalue weighted by atomic mass is 16.5. The van der Waals surface area contributed by atoms with Gasteiger partial charge < -0.3 is 19.5 Å². The van der Waals surface area contributed by atoms with Gasteiger partial charge in [-0.05, 0) is 117 Å². The summed E-state index contributed by atoms with van der Waals surface area (Å²) in [7, 11) is 3.25. The Bertz CT molecular complexity index is 893. The molecule has 13 atom stereocenters. The number of nitrogens with one attached hydrogen (secondary N) is 1. The van der Waals surface area contributed by atoms with Gasteiger partial charge in [0.2, 0.25) is 5.91 Å². The van der Waals surface area contributed by atoms with E-state index in [1.807, 2.05) is 14.0 Å². The van der Waals surface area contributed by atoms with Crippen molar-refractivity contribution in [2.75, 3.05) is 14.2 Å². The highest BCUT2D eigenvalue weighted by Crippen LogP contribution is 2.70. The molecule has 4 aliphatic carbocycles. The Morgan fingerprint density at radius 2 is 1.74 bits per heavy atom. The third-order valence-electron chi connectivity index (χ3n) is 12.8. The fourth-order valence-electron chi connectivity index (χ4n) is 10.6. The summed E-state index contributed by atoms with van der Waals surface area (Å²) in [5, 5.41) is 2.79. The van der Waals surface area contributed by atoms with Gasteiger partial charge in [-0.25, -0.2) is 4.79 Å². The van der Waals surface area contributed by atoms with Crippen LogP contribution in [0.2, 0.25) is 0 Å². The molecule has 1 N–H and O–H groups in total. The molecule has 0 spiro atoms. The van der Waals surface area contributed by atoms with Crippen LogP contribution in [0.25, 0.3) is 0 Å². The van der Waals surface area contributed by atoms with Crippen LogP contribution in [0, 0.1) is 52.3 Å². The summed E-state index contributed by atoms with van der Waals surface area (Å²) >= 11 is 0. The van der Waals surface area contributed by atoms with Crippen LogP contribution in [0.15, 0.2) is 0 Å². The third-order valence-corrected chi connectivity index (χ3v) is 12.8. The highest BCUT2D eigenvalue weighted by Gasteiger charge is 2.65. The Kier molecular flexibility index (Phi) is 7.98. The van der Waals surface area contributed by atoms with Crippen molar-refractivity contribution < 1.29 is 23.8 Å². The summed E-state index contributed by atoms with van der Waals surface area (Å²) in [4.78, 5) is 24.3. The van der Waals surface area contributed by atoms with Crippen molar-refractivity contribution in [2.45, 2.75) is 123 Å². The van der Waals surface area contributed by atoms with Gasteiger partial charge >= 0.3 is 5.97 Å². The van der Waals surface area contributed by atoms with E-state index >= 15 is 0 Å². The lowest BCUT2D eigenvalue weighted by molar-refractivity contribution is -0.145. The Morgan fingerprint density at radius 3 is 2.45 bits per heavy atom. The van der Waals surface area contributed by atoms with Crippen LogP contribution in [-0.2, 0) is 23.8 Å². The van der Waals surface area contributed by atoms with Gasteiger partial charge in [-0.2, -0.15) is 0 Å². The van der Waals surface area contributed by atoms with Crippen molar-refractivity contribution in [3.63, 3.8) is 0 Å². The number of amides is 1. The van der Waals surface area contributed by atoms with Crippen LogP contribution < -0.4 is 5.32 Å². The number of rotatable bonds is 7. The molecule has 5 aliphatic rings. The van der Waals surface area contributed by atoms with E-state index in [0.29, 0.717) is 34.9 Å². The van der Waals surface area contributed by atoms with Gasteiger partial charge in [-0.3, -0.25) is 4.79 Å². The molecule has 0 aromatic carbocycles. The van der Waals surface area contributed by atoms with Crippen molar-refractivity contribution in [3.05, 3.63) is 0 Å². The Labute approximate surface area is 230 Å². The minimum absolute atomic E-state index is 0.0808. The van der Waals surface area contributed by atoms with E-state index in [-0.39, 0.29) is 17.9 Å². The number of carbonyl (C=O) groups excluding carboxylic acids is 2. The lowest BCUT2D eigenvalue weighted by Gasteiger charge is -2.61. The minimum Gasteiger partial charge on any atom is -0.467 e. The predicted molar refractivity (Wildman–Crippen MR) is 147 cm³/mol. The number of hydrogen-bond acceptors (Lipinski definition) is 5. The van der Waals surface area contributed by atoms with Crippen LogP contribution in [0.1, 0.15) is 98.8 Å². The van der Waals surface area contributed by atoms with Gasteiger partial charge in [0.15, 0.2) is 0 Å². The second kappa shape index (κ2) is 10.7. The molecule has 0 bridgehead atoms. The average Bonchev–Trinajstić information content (AvgIpc) is 3.38. The van der Waals surface area contributed by atoms with Gasteiger partial charge in [0.25, 0.3) is 0 Å². The van der Waals surface area contributed by atoms with E-state index in [4.69, 9.17) is 14.2 Å². The van der Waals surface area contributed by atoms with E-state index in [9.17, 15) is 9.59 Å². The monoisotopic (exact) mass is 531 g/mol. The second-order valence-electron chi connectivity index (χ2n) is 14.4. The molecule has 1 heterocycles. The summed E-state index contributed by atoms with van der Waals surface area (Å²) in [6, 6.07) is -0.615. The summed E-state index contributed by atoms with van der Waals surface area (Å²) in [6.45, 7) is 11.3. The van der Waals surface area contributed by atoms with Gasteiger partial charge in [-0.15, -0.1) is 0 Å². The lowest BCUT2D eigenvalue weighted by atomic mass is 9.44. The van der Waals surface area contributed by atoms with Crippen molar-refractivity contribution in [1.82, 2.24) is 5.32 Å². The molecule has 6 nitrogen and oxygen atoms in total. The highest BCUT2D eigenvalue weighted by molar-refractivity contribution is 5.85. The smallest absolute Gasteiger partial charge is 0.328 e. The summed E-state index contributed by atoms with van der Waals surface area (Å²) < 4.78 is 17.4. The maximum atomic E-state index is 12.6. The average molecular weight is 532 g/mol. The molecule has 216 valence electrons. The number of hydrogen-bond donors (Lipinski definition) is 1. The Hall–Kier alpha value is -1.14. The molecular weight excluding hydrogens is 478 g/mol. The fraction of sp³-hybridized carbons (Fsp3) is 0.938. The first kappa shape index (κ1) is 28.4. The normalized spacial score (nSPS) is 47.2. The predicted octanol–water partition coefficient (Wildman–Crippen LogP) is 5.77. The van der Waals surface area contributed by atoms with E-state index in [0.717, 1.165) is 36.5 Å². The number of ether oxygens (including phenoxy) is 3. The van der Waals surface area contributed by atoms with Gasteiger partial charge in [0.05, 0.1) is 25.4 Å². The van der Waals surface area contributed by atoms with Crippen LogP contribution >= 0.6 is 0 Å². The lowest BCUT2D eigenvalue weighted by Crippen LogP contribution is -2.54. The van der Waals surface area contributed by atoms with Crippen LogP contribution in [0.3, 0.4) is 0 Å². The quantitative estimate of drug-likeness (QED) is 0.422. The molecule has 0 aromatic heterocycles. The fourth-order valence-corrected chi connectivity index (χ4v) is 10.6. The molecule has 38 heavy (non-hydrogen) atoms. The summed E-state index contributed by atoms with van der Waals surface area (Å²) in [5.74, 6) is 3.88. The SMILES string of the molecule is COC(=O)C(C)NC(=O)[C@@H](C)CC[C@H]1O[C@H]2C[C@H]3[C@@H]4CC[C@@H]5C[C@@H](OC)CC[C@]5(C)[C@H]4CC[C@]3(C)[C@H]2[C@@H]1C. The maximum absolute atomic E-state index is 12.6. The zero-order valence-corrected chi connectivity index (χ0v) is 25.0. The molecule has 5 rings (SSSR count). The molecule has 1 aliphatic heterocycles. The van der Waals surface area contributed by atoms with Gasteiger partial charge in [0.1, 0.15) is 6.04 Å². The van der Waals surface area contributed by atoms with Crippen molar-refractivity contribution in [2.24, 2.45) is 52.3 Å². The van der Waals surface area contributed by atoms with Gasteiger partial charge in [0, 0.05) is 13.0 Å². The number of methoxy groups -OCH3 is 2. The minimum atomic E-state index is -0.615. The number of carbonyl (C=O) groups is 2. The first-order valence-corrected chi connectivity index (χ1v) is 15.6. The van der Waals surface area contributed by atoms with Gasteiger partial charge in [-0.1, -0.05) is 27.7 Å². The van der Waals surface area contributed by atoms with Crippen LogP contribution in [0.4, 0.5) is 0 Å². The second-order valence-corrected chi connectivity index (χ2v) is 14.4. The summed E-state index contributed by atoms with van der Waals surface area (Å²) in [6.07, 6.45) is 13.4. The number of esters is 1. The molecule has 1 saturated heterocycles. The first-order chi connectivity index (χ1) is 18.0. The molecule has 1 unspecified atom stereocenters. The van der Waals surface area contributed by atoms with Crippen molar-refractivity contribution >= 4 is 11.9 Å². The first-order valence-electron chi connectivity index (χ1n) is 15.6. The van der Waals surface area contributed by atoms with E-state index in [1.54, 1.807) is 6.92 Å². The zero-order valence-electron chi connectivity index (χ0n) is 25.0. The molecule has 0 aromatic rings. The molecule has 5 fully saturated rings. The molecule has 0 radical (unpaired) electrons. The summed E-state index contributed by atoms with van der Waals surface area (Å²) in [5.41, 5.74) is 0.875. The van der Waals surface area contributed by atoms with E-state index in [1.165, 1.54) is 58.5 Å². The van der Waals surface area contributed by atoms with Crippen LogP contribution in [0.5, 0.6) is 0 Å². The topological polar surface area (TPSA) is 73.9 Å². The van der Waals surface area contributed by atoms with Crippen LogP contribution in [-0.4, -0.2) is 50.4 Å². The third kappa shape index (κ3) is 4.63.